The molecule has 1 aromatic carbocycles. The van der Waals surface area contributed by atoms with Crippen molar-refractivity contribution in [3.05, 3.63) is 29.3 Å². The lowest BCUT2D eigenvalue weighted by atomic mass is 10.1. The molecule has 0 radical (unpaired) electrons. The van der Waals surface area contributed by atoms with Crippen LogP contribution in [-0.4, -0.2) is 43.6 Å². The maximum atomic E-state index is 11.6. The van der Waals surface area contributed by atoms with Gasteiger partial charge in [-0.15, -0.1) is 12.4 Å². The topological polar surface area (TPSA) is 38.8 Å². The quantitative estimate of drug-likeness (QED) is 0.752. The molecular formula is C17H26ClNO3. The Kier molecular flexibility index (Phi) is 7.87. The molecule has 0 atom stereocenters. The number of hydrogen-bond donors (Lipinski definition) is 0. The Hall–Kier alpha value is -1.10. The first-order valence-electron chi connectivity index (χ1n) is 7.63. The number of nitrogens with zero attached hydrogens (tertiary/aromatic N) is 1. The van der Waals surface area contributed by atoms with Gasteiger partial charge >= 0.3 is 0 Å². The number of carbonyl (C=O) groups excluding carboxylic acids is 1. The summed E-state index contributed by atoms with van der Waals surface area (Å²) in [4.78, 5) is 13.9. The second kappa shape index (κ2) is 9.13. The van der Waals surface area contributed by atoms with Crippen LogP contribution in [-0.2, 0) is 11.3 Å². The van der Waals surface area contributed by atoms with E-state index in [9.17, 15) is 4.79 Å². The van der Waals surface area contributed by atoms with Crippen molar-refractivity contribution in [1.82, 2.24) is 4.90 Å². The molecule has 1 aliphatic rings. The van der Waals surface area contributed by atoms with Gasteiger partial charge in [0.15, 0.2) is 5.78 Å². The van der Waals surface area contributed by atoms with Crippen LogP contribution in [0.2, 0.25) is 0 Å². The molecule has 0 spiro atoms. The van der Waals surface area contributed by atoms with Crippen molar-refractivity contribution >= 4 is 18.2 Å². The first-order valence-corrected chi connectivity index (χ1v) is 7.63. The van der Waals surface area contributed by atoms with Gasteiger partial charge in [-0.2, -0.15) is 0 Å². The van der Waals surface area contributed by atoms with Crippen molar-refractivity contribution in [2.75, 3.05) is 32.9 Å². The van der Waals surface area contributed by atoms with Gasteiger partial charge in [-0.25, -0.2) is 0 Å². The molecule has 22 heavy (non-hydrogen) atoms. The zero-order valence-electron chi connectivity index (χ0n) is 13.6. The van der Waals surface area contributed by atoms with Crippen LogP contribution in [0.3, 0.4) is 0 Å². The normalized spacial score (nSPS) is 15.5. The van der Waals surface area contributed by atoms with Crippen molar-refractivity contribution < 1.29 is 14.3 Å². The lowest BCUT2D eigenvalue weighted by molar-refractivity contribution is 0.0337. The highest BCUT2D eigenvalue weighted by Crippen LogP contribution is 2.23. The number of Topliss-reactive ketones (excluding diaryl/α,β-unsaturated/α-hetero) is 1. The van der Waals surface area contributed by atoms with Crippen LogP contribution in [0.1, 0.15) is 36.7 Å². The molecule has 0 amide bonds. The van der Waals surface area contributed by atoms with Gasteiger partial charge in [0.05, 0.1) is 19.8 Å². The third-order valence-corrected chi connectivity index (χ3v) is 3.54. The average Bonchev–Trinajstić information content (AvgIpc) is 2.46. The predicted octanol–water partition coefficient (Wildman–Crippen LogP) is 3.18. The van der Waals surface area contributed by atoms with E-state index in [2.05, 4.69) is 18.7 Å². The van der Waals surface area contributed by atoms with Gasteiger partial charge in [0, 0.05) is 30.8 Å². The number of morpholine rings is 1. The molecule has 0 bridgehead atoms. The SMILES string of the molecule is CC(=O)c1ccc(OCC(C)C)c(CN2CCOCC2)c1.Cl. The standard InChI is InChI=1S/C17H25NO3.ClH/c1-13(2)12-21-17-5-4-15(14(3)19)10-16(17)11-18-6-8-20-9-7-18;/h4-5,10,13H,6-9,11-12H2,1-3H3;1H. The number of benzene rings is 1. The second-order valence-electron chi connectivity index (χ2n) is 5.97. The molecule has 4 nitrogen and oxygen atoms in total. The summed E-state index contributed by atoms with van der Waals surface area (Å²) in [5.74, 6) is 1.46. The fraction of sp³-hybridized carbons (Fsp3) is 0.588. The number of hydrogen-bond acceptors (Lipinski definition) is 4. The van der Waals surface area contributed by atoms with Crippen molar-refractivity contribution in [2.45, 2.75) is 27.3 Å². The monoisotopic (exact) mass is 327 g/mol. The van der Waals surface area contributed by atoms with E-state index in [0.29, 0.717) is 12.5 Å². The van der Waals surface area contributed by atoms with Crippen LogP contribution in [0.15, 0.2) is 18.2 Å². The highest BCUT2D eigenvalue weighted by atomic mass is 35.5. The number of carbonyl (C=O) groups is 1. The summed E-state index contributed by atoms with van der Waals surface area (Å²) >= 11 is 0. The van der Waals surface area contributed by atoms with Crippen LogP contribution in [0.4, 0.5) is 0 Å². The van der Waals surface area contributed by atoms with Crippen LogP contribution >= 0.6 is 12.4 Å². The molecule has 0 unspecified atom stereocenters. The molecule has 1 fully saturated rings. The minimum Gasteiger partial charge on any atom is -0.493 e. The second-order valence-corrected chi connectivity index (χ2v) is 5.97. The first kappa shape index (κ1) is 18.9. The predicted molar refractivity (Wildman–Crippen MR) is 90.1 cm³/mol. The van der Waals surface area contributed by atoms with E-state index in [1.165, 1.54) is 0 Å². The minimum absolute atomic E-state index is 0. The number of ketones is 1. The van der Waals surface area contributed by atoms with E-state index in [4.69, 9.17) is 9.47 Å². The van der Waals surface area contributed by atoms with E-state index >= 15 is 0 Å². The van der Waals surface area contributed by atoms with Crippen molar-refractivity contribution in [2.24, 2.45) is 5.92 Å². The van der Waals surface area contributed by atoms with Gasteiger partial charge in [-0.1, -0.05) is 13.8 Å². The zero-order valence-corrected chi connectivity index (χ0v) is 14.4. The third-order valence-electron chi connectivity index (χ3n) is 3.54. The average molecular weight is 328 g/mol. The molecule has 1 saturated heterocycles. The lowest BCUT2D eigenvalue weighted by Crippen LogP contribution is -2.35. The smallest absolute Gasteiger partial charge is 0.159 e. The number of ether oxygens (including phenoxy) is 2. The summed E-state index contributed by atoms with van der Waals surface area (Å²) in [6.45, 7) is 10.7. The summed E-state index contributed by atoms with van der Waals surface area (Å²) in [7, 11) is 0. The Morgan fingerprint density at radius 3 is 2.59 bits per heavy atom. The number of rotatable bonds is 6. The van der Waals surface area contributed by atoms with Crippen LogP contribution in [0.5, 0.6) is 5.75 Å². The zero-order chi connectivity index (χ0) is 15.2. The molecule has 124 valence electrons. The van der Waals surface area contributed by atoms with Gasteiger partial charge in [0.25, 0.3) is 0 Å². The molecule has 2 rings (SSSR count). The highest BCUT2D eigenvalue weighted by molar-refractivity contribution is 5.94. The molecule has 0 aromatic heterocycles. The van der Waals surface area contributed by atoms with Crippen molar-refractivity contribution in [3.63, 3.8) is 0 Å². The third kappa shape index (κ3) is 5.59. The maximum Gasteiger partial charge on any atom is 0.159 e. The molecule has 0 N–H and O–H groups in total. The molecule has 1 heterocycles. The highest BCUT2D eigenvalue weighted by Gasteiger charge is 2.15. The summed E-state index contributed by atoms with van der Waals surface area (Å²) in [5, 5.41) is 0. The Balaban J connectivity index is 0.00000242. The van der Waals surface area contributed by atoms with E-state index < -0.39 is 0 Å². The summed E-state index contributed by atoms with van der Waals surface area (Å²) < 4.78 is 11.3. The van der Waals surface area contributed by atoms with Gasteiger partial charge in [-0.05, 0) is 31.0 Å². The Labute approximate surface area is 139 Å². The first-order chi connectivity index (χ1) is 10.1. The lowest BCUT2D eigenvalue weighted by Gasteiger charge is -2.27. The maximum absolute atomic E-state index is 11.6. The summed E-state index contributed by atoms with van der Waals surface area (Å²) in [6, 6.07) is 5.74. The van der Waals surface area contributed by atoms with Crippen molar-refractivity contribution in [1.29, 1.82) is 0 Å². The van der Waals surface area contributed by atoms with E-state index in [1.807, 2.05) is 18.2 Å². The van der Waals surface area contributed by atoms with Crippen LogP contribution in [0, 0.1) is 5.92 Å². The molecule has 0 aliphatic carbocycles. The molecule has 1 aromatic rings. The van der Waals surface area contributed by atoms with Crippen LogP contribution < -0.4 is 4.74 Å². The Morgan fingerprint density at radius 2 is 2.00 bits per heavy atom. The van der Waals surface area contributed by atoms with Crippen LogP contribution in [0.25, 0.3) is 0 Å². The van der Waals surface area contributed by atoms with Gasteiger partial charge in [-0.3, -0.25) is 9.69 Å². The Morgan fingerprint density at radius 1 is 1.32 bits per heavy atom. The van der Waals surface area contributed by atoms with E-state index in [0.717, 1.165) is 49.7 Å². The van der Waals surface area contributed by atoms with E-state index in [-0.39, 0.29) is 18.2 Å². The molecule has 5 heteroatoms. The fourth-order valence-electron chi connectivity index (χ4n) is 2.32. The largest absolute Gasteiger partial charge is 0.493 e. The van der Waals surface area contributed by atoms with Gasteiger partial charge in [0.2, 0.25) is 0 Å². The summed E-state index contributed by atoms with van der Waals surface area (Å²) in [5.41, 5.74) is 1.83. The summed E-state index contributed by atoms with van der Waals surface area (Å²) in [6.07, 6.45) is 0. The van der Waals surface area contributed by atoms with Crippen molar-refractivity contribution in [3.8, 4) is 5.75 Å². The van der Waals surface area contributed by atoms with E-state index in [1.54, 1.807) is 6.92 Å². The van der Waals surface area contributed by atoms with Gasteiger partial charge < -0.3 is 9.47 Å². The minimum atomic E-state index is 0. The fourth-order valence-corrected chi connectivity index (χ4v) is 2.32. The number of halogens is 1. The molecule has 1 aliphatic heterocycles. The molecule has 0 saturated carbocycles. The molecular weight excluding hydrogens is 302 g/mol. The Bertz CT molecular complexity index is 485. The van der Waals surface area contributed by atoms with Gasteiger partial charge in [0.1, 0.15) is 5.75 Å².